The normalized spacial score (nSPS) is 10.6. The lowest BCUT2D eigenvalue weighted by Crippen LogP contribution is -2.30. The number of benzene rings is 1. The van der Waals surface area contributed by atoms with Crippen molar-refractivity contribution in [1.29, 1.82) is 0 Å². The Labute approximate surface area is 125 Å². The van der Waals surface area contributed by atoms with Crippen LogP contribution in [0.1, 0.15) is 11.3 Å². The Balaban J connectivity index is 1.93. The van der Waals surface area contributed by atoms with E-state index in [1.165, 1.54) is 4.68 Å². The van der Waals surface area contributed by atoms with Gasteiger partial charge in [0.05, 0.1) is 11.9 Å². The number of amides is 1. The maximum atomic E-state index is 12.1. The van der Waals surface area contributed by atoms with Crippen LogP contribution in [0.15, 0.2) is 34.9 Å². The second-order valence-electron chi connectivity index (χ2n) is 4.49. The summed E-state index contributed by atoms with van der Waals surface area (Å²) in [7, 11) is 1.77. The van der Waals surface area contributed by atoms with Crippen LogP contribution in [0.4, 0.5) is 0 Å². The molecule has 1 heterocycles. The summed E-state index contributed by atoms with van der Waals surface area (Å²) in [5.74, 6) is -0.0265. The molecule has 0 aliphatic carbocycles. The first kappa shape index (κ1) is 14.7. The van der Waals surface area contributed by atoms with Crippen LogP contribution in [-0.2, 0) is 24.4 Å². The highest BCUT2D eigenvalue weighted by molar-refractivity contribution is 9.10. The molecule has 2 N–H and O–H groups in total. The highest BCUT2D eigenvalue weighted by Crippen LogP contribution is 2.11. The summed E-state index contributed by atoms with van der Waals surface area (Å²) < 4.78 is 2.52. The summed E-state index contributed by atoms with van der Waals surface area (Å²) in [5, 5.41) is 7.71. The maximum absolute atomic E-state index is 12.1. The second kappa shape index (κ2) is 6.62. The van der Waals surface area contributed by atoms with Crippen molar-refractivity contribution in [2.24, 2.45) is 5.73 Å². The van der Waals surface area contributed by atoms with Crippen LogP contribution in [-0.4, -0.2) is 32.8 Å². The van der Waals surface area contributed by atoms with Crippen molar-refractivity contribution in [2.45, 2.75) is 19.6 Å². The highest BCUT2D eigenvalue weighted by atomic mass is 79.9. The van der Waals surface area contributed by atoms with E-state index in [4.69, 9.17) is 5.73 Å². The van der Waals surface area contributed by atoms with Crippen molar-refractivity contribution in [1.82, 2.24) is 19.9 Å². The average Bonchev–Trinajstić information content (AvgIpc) is 2.89. The number of likely N-dealkylation sites (N-methyl/N-ethyl adjacent to an activating group) is 1. The van der Waals surface area contributed by atoms with Gasteiger partial charge in [0, 0.05) is 24.6 Å². The lowest BCUT2D eigenvalue weighted by atomic mass is 10.2. The van der Waals surface area contributed by atoms with Gasteiger partial charge >= 0.3 is 0 Å². The zero-order valence-electron chi connectivity index (χ0n) is 11.2. The van der Waals surface area contributed by atoms with Crippen LogP contribution in [0.3, 0.4) is 0 Å². The highest BCUT2D eigenvalue weighted by Gasteiger charge is 2.11. The van der Waals surface area contributed by atoms with Gasteiger partial charge in [0.15, 0.2) is 0 Å². The van der Waals surface area contributed by atoms with Crippen LogP contribution in [0.5, 0.6) is 0 Å². The van der Waals surface area contributed by atoms with E-state index in [-0.39, 0.29) is 12.5 Å². The third-order valence-corrected chi connectivity index (χ3v) is 3.38. The number of carbonyl (C=O) groups is 1. The standard InChI is InChI=1S/C13H16BrN5O/c1-18(7-10-2-4-11(14)5-3-10)13(20)9-19-8-12(6-15)16-17-19/h2-5,8H,6-7,9,15H2,1H3. The van der Waals surface area contributed by atoms with E-state index in [9.17, 15) is 4.79 Å². The first-order valence-electron chi connectivity index (χ1n) is 6.16. The Morgan fingerprint density at radius 2 is 2.10 bits per heavy atom. The predicted octanol–water partition coefficient (Wildman–Crippen LogP) is 1.16. The van der Waals surface area contributed by atoms with Gasteiger partial charge in [0.25, 0.3) is 0 Å². The van der Waals surface area contributed by atoms with E-state index in [0.717, 1.165) is 10.0 Å². The molecule has 1 aromatic heterocycles. The van der Waals surface area contributed by atoms with Crippen molar-refractivity contribution < 1.29 is 4.79 Å². The van der Waals surface area contributed by atoms with Gasteiger partial charge in [-0.25, -0.2) is 4.68 Å². The Bertz CT molecular complexity index is 581. The zero-order valence-corrected chi connectivity index (χ0v) is 12.7. The van der Waals surface area contributed by atoms with E-state index in [2.05, 4.69) is 26.2 Å². The Morgan fingerprint density at radius 3 is 2.70 bits per heavy atom. The summed E-state index contributed by atoms with van der Waals surface area (Å²) in [6.07, 6.45) is 1.69. The van der Waals surface area contributed by atoms with Crippen molar-refractivity contribution in [2.75, 3.05) is 7.05 Å². The first-order valence-corrected chi connectivity index (χ1v) is 6.95. The molecular formula is C13H16BrN5O. The van der Waals surface area contributed by atoms with E-state index >= 15 is 0 Å². The number of nitrogens with two attached hydrogens (primary N) is 1. The van der Waals surface area contributed by atoms with Gasteiger partial charge in [-0.05, 0) is 17.7 Å². The fourth-order valence-corrected chi connectivity index (χ4v) is 1.98. The molecule has 0 radical (unpaired) electrons. The number of hydrogen-bond acceptors (Lipinski definition) is 4. The third kappa shape index (κ3) is 3.88. The predicted molar refractivity (Wildman–Crippen MR) is 78.5 cm³/mol. The summed E-state index contributed by atoms with van der Waals surface area (Å²) in [5.41, 5.74) is 7.20. The van der Waals surface area contributed by atoms with Crippen LogP contribution < -0.4 is 5.73 Å². The van der Waals surface area contributed by atoms with Gasteiger partial charge in [-0.15, -0.1) is 5.10 Å². The number of rotatable bonds is 5. The van der Waals surface area contributed by atoms with Gasteiger partial charge in [-0.2, -0.15) is 0 Å². The Morgan fingerprint density at radius 1 is 1.40 bits per heavy atom. The van der Waals surface area contributed by atoms with E-state index in [0.29, 0.717) is 18.8 Å². The van der Waals surface area contributed by atoms with Gasteiger partial charge in [-0.1, -0.05) is 33.3 Å². The molecule has 0 fully saturated rings. The van der Waals surface area contributed by atoms with Crippen molar-refractivity contribution in [3.8, 4) is 0 Å². The topological polar surface area (TPSA) is 77.0 Å². The Hall–Kier alpha value is -1.73. The summed E-state index contributed by atoms with van der Waals surface area (Å²) in [4.78, 5) is 13.7. The minimum Gasteiger partial charge on any atom is -0.340 e. The number of nitrogens with zero attached hydrogens (tertiary/aromatic N) is 4. The molecule has 7 heteroatoms. The van der Waals surface area contributed by atoms with E-state index in [1.54, 1.807) is 18.1 Å². The smallest absolute Gasteiger partial charge is 0.244 e. The monoisotopic (exact) mass is 337 g/mol. The third-order valence-electron chi connectivity index (χ3n) is 2.85. The van der Waals surface area contributed by atoms with Gasteiger partial charge in [0.2, 0.25) is 5.91 Å². The molecule has 0 spiro atoms. The molecule has 0 bridgehead atoms. The molecule has 0 unspecified atom stereocenters. The van der Waals surface area contributed by atoms with Gasteiger partial charge in [-0.3, -0.25) is 4.79 Å². The molecule has 1 amide bonds. The lowest BCUT2D eigenvalue weighted by Gasteiger charge is -2.17. The van der Waals surface area contributed by atoms with Crippen LogP contribution in [0.2, 0.25) is 0 Å². The Kier molecular flexibility index (Phi) is 4.86. The number of hydrogen-bond donors (Lipinski definition) is 1. The van der Waals surface area contributed by atoms with E-state index in [1.807, 2.05) is 24.3 Å². The molecule has 0 saturated heterocycles. The minimum absolute atomic E-state index is 0.0265. The largest absolute Gasteiger partial charge is 0.340 e. The van der Waals surface area contributed by atoms with Crippen LogP contribution >= 0.6 is 15.9 Å². The lowest BCUT2D eigenvalue weighted by molar-refractivity contribution is -0.131. The zero-order chi connectivity index (χ0) is 14.5. The molecule has 0 atom stereocenters. The number of carbonyl (C=O) groups excluding carboxylic acids is 1. The molecule has 2 rings (SSSR count). The molecule has 0 aliphatic heterocycles. The second-order valence-corrected chi connectivity index (χ2v) is 5.40. The van der Waals surface area contributed by atoms with Crippen LogP contribution in [0, 0.1) is 0 Å². The molecule has 0 saturated carbocycles. The quantitative estimate of drug-likeness (QED) is 0.888. The fourth-order valence-electron chi connectivity index (χ4n) is 1.72. The molecule has 2 aromatic rings. The number of halogens is 1. The SMILES string of the molecule is CN(Cc1ccc(Br)cc1)C(=O)Cn1cc(CN)nn1. The van der Waals surface area contributed by atoms with Crippen molar-refractivity contribution >= 4 is 21.8 Å². The number of aromatic nitrogens is 3. The maximum Gasteiger partial charge on any atom is 0.244 e. The fraction of sp³-hybridized carbons (Fsp3) is 0.308. The minimum atomic E-state index is -0.0265. The molecule has 6 nitrogen and oxygen atoms in total. The summed E-state index contributed by atoms with van der Waals surface area (Å²) in [6.45, 7) is 1.05. The molecule has 1 aromatic carbocycles. The summed E-state index contributed by atoms with van der Waals surface area (Å²) >= 11 is 3.38. The van der Waals surface area contributed by atoms with Crippen molar-refractivity contribution in [3.63, 3.8) is 0 Å². The molecule has 20 heavy (non-hydrogen) atoms. The van der Waals surface area contributed by atoms with Crippen LogP contribution in [0.25, 0.3) is 0 Å². The first-order chi connectivity index (χ1) is 9.58. The van der Waals surface area contributed by atoms with Gasteiger partial charge < -0.3 is 10.6 Å². The van der Waals surface area contributed by atoms with E-state index < -0.39 is 0 Å². The van der Waals surface area contributed by atoms with Gasteiger partial charge in [0.1, 0.15) is 6.54 Å². The molecule has 0 aliphatic rings. The molecule has 106 valence electrons. The summed E-state index contributed by atoms with van der Waals surface area (Å²) in [6, 6.07) is 7.88. The molecular weight excluding hydrogens is 322 g/mol. The van der Waals surface area contributed by atoms with Crippen molar-refractivity contribution in [3.05, 3.63) is 46.2 Å². The average molecular weight is 338 g/mol.